The Balaban J connectivity index is 1.81. The maximum Gasteiger partial charge on any atom is 0.391 e. The van der Waals surface area contributed by atoms with Crippen molar-refractivity contribution >= 4 is 28.0 Å². The lowest BCUT2D eigenvalue weighted by Crippen LogP contribution is -2.28. The molecule has 1 saturated carbocycles. The number of aryl methyl sites for hydroxylation is 1. The number of carbonyl (C=O) groups excluding carboxylic acids is 1. The molecule has 1 aromatic carbocycles. The Morgan fingerprint density at radius 3 is 2.54 bits per heavy atom. The molecule has 2 heterocycles. The Morgan fingerprint density at radius 1 is 1.23 bits per heavy atom. The van der Waals surface area contributed by atoms with Gasteiger partial charge >= 0.3 is 6.18 Å². The normalized spacial score (nSPS) is 21.5. The zero-order chi connectivity index (χ0) is 18.6. The summed E-state index contributed by atoms with van der Waals surface area (Å²) in [5.74, 6) is -1.77. The van der Waals surface area contributed by atoms with Crippen LogP contribution in [-0.4, -0.2) is 31.6 Å². The van der Waals surface area contributed by atoms with Gasteiger partial charge in [-0.05, 0) is 43.9 Å². The average Bonchev–Trinajstić information content (AvgIpc) is 3.12. The van der Waals surface area contributed by atoms with Gasteiger partial charge in [-0.1, -0.05) is 5.21 Å². The van der Waals surface area contributed by atoms with Crippen LogP contribution in [0.25, 0.3) is 22.1 Å². The number of carbonyl (C=O) groups is 1. The molecule has 2 aromatic heterocycles. The molecule has 138 valence electrons. The van der Waals surface area contributed by atoms with Crippen molar-refractivity contribution in [1.82, 2.24) is 19.6 Å². The van der Waals surface area contributed by atoms with Crippen molar-refractivity contribution < 1.29 is 18.0 Å². The van der Waals surface area contributed by atoms with E-state index < -0.39 is 18.0 Å². The van der Waals surface area contributed by atoms with E-state index in [9.17, 15) is 18.0 Å². The summed E-state index contributed by atoms with van der Waals surface area (Å²) >= 11 is 0. The minimum atomic E-state index is -4.14. The molecular formula is C17H18F3N5O. The molecule has 1 aliphatic rings. The highest BCUT2D eigenvalue weighted by molar-refractivity contribution is 6.07. The Hall–Kier alpha value is -2.58. The van der Waals surface area contributed by atoms with Gasteiger partial charge in [-0.2, -0.15) is 13.2 Å². The van der Waals surface area contributed by atoms with Crippen LogP contribution in [0.5, 0.6) is 0 Å². The summed E-state index contributed by atoms with van der Waals surface area (Å²) in [6.07, 6.45) is -3.04. The molecule has 0 atom stereocenters. The summed E-state index contributed by atoms with van der Waals surface area (Å²) in [4.78, 5) is 11.5. The van der Waals surface area contributed by atoms with E-state index >= 15 is 0 Å². The fourth-order valence-corrected chi connectivity index (χ4v) is 4.03. The number of halogens is 3. The SMILES string of the molecule is Cn1nnc2c3cc(C(N)=O)ccc3n([C@H]3CC[C@H](C(F)(F)F)CC3)c21. The zero-order valence-electron chi connectivity index (χ0n) is 14.1. The van der Waals surface area contributed by atoms with Crippen LogP contribution >= 0.6 is 0 Å². The minimum absolute atomic E-state index is 0.0646. The maximum absolute atomic E-state index is 13.0. The Bertz CT molecular complexity index is 995. The van der Waals surface area contributed by atoms with Crippen LogP contribution in [0.2, 0.25) is 0 Å². The van der Waals surface area contributed by atoms with Gasteiger partial charge in [0, 0.05) is 24.0 Å². The molecule has 2 N–H and O–H groups in total. The summed E-state index contributed by atoms with van der Waals surface area (Å²) in [6, 6.07) is 5.03. The number of benzene rings is 1. The number of fused-ring (bicyclic) bond motifs is 3. The van der Waals surface area contributed by atoms with Crippen LogP contribution in [0, 0.1) is 5.92 Å². The first-order valence-corrected chi connectivity index (χ1v) is 8.47. The molecule has 0 radical (unpaired) electrons. The largest absolute Gasteiger partial charge is 0.391 e. The van der Waals surface area contributed by atoms with Crippen LogP contribution in [0.15, 0.2) is 18.2 Å². The first kappa shape index (κ1) is 16.9. The summed E-state index contributed by atoms with van der Waals surface area (Å²) in [5.41, 5.74) is 7.94. The third-order valence-corrected chi connectivity index (χ3v) is 5.35. The number of amides is 1. The standard InChI is InChI=1S/C17H18F3N5O/c1-24-16-14(22-23-24)12-8-9(15(21)26)2-7-13(12)25(16)11-5-3-10(4-6-11)17(18,19)20/h2,7-8,10-11H,3-6H2,1H3,(H2,21,26)/t10-,11-. The summed E-state index contributed by atoms with van der Waals surface area (Å²) < 4.78 is 42.6. The highest BCUT2D eigenvalue weighted by Crippen LogP contribution is 2.43. The third kappa shape index (κ3) is 2.53. The van der Waals surface area contributed by atoms with Gasteiger partial charge in [-0.3, -0.25) is 4.79 Å². The summed E-state index contributed by atoms with van der Waals surface area (Å²) in [6.45, 7) is 0. The number of hydrogen-bond donors (Lipinski definition) is 1. The monoisotopic (exact) mass is 365 g/mol. The van der Waals surface area contributed by atoms with E-state index in [0.29, 0.717) is 23.9 Å². The van der Waals surface area contributed by atoms with E-state index in [2.05, 4.69) is 10.3 Å². The van der Waals surface area contributed by atoms with E-state index in [1.54, 1.807) is 29.9 Å². The van der Waals surface area contributed by atoms with Gasteiger partial charge in [0.1, 0.15) is 5.52 Å². The number of alkyl halides is 3. The van der Waals surface area contributed by atoms with Gasteiger partial charge in [-0.25, -0.2) is 4.68 Å². The minimum Gasteiger partial charge on any atom is -0.366 e. The number of nitrogens with zero attached hydrogens (tertiary/aromatic N) is 4. The van der Waals surface area contributed by atoms with Crippen molar-refractivity contribution in [3.8, 4) is 0 Å². The molecule has 9 heteroatoms. The van der Waals surface area contributed by atoms with Crippen molar-refractivity contribution in [2.75, 3.05) is 0 Å². The summed E-state index contributed by atoms with van der Waals surface area (Å²) in [5, 5.41) is 8.95. The van der Waals surface area contributed by atoms with Crippen LogP contribution < -0.4 is 5.73 Å². The van der Waals surface area contributed by atoms with Crippen molar-refractivity contribution in [2.45, 2.75) is 37.9 Å². The van der Waals surface area contributed by atoms with Gasteiger partial charge in [0.05, 0.1) is 11.4 Å². The van der Waals surface area contributed by atoms with E-state index in [1.165, 1.54) is 0 Å². The quantitative estimate of drug-likeness (QED) is 0.757. The van der Waals surface area contributed by atoms with Crippen molar-refractivity contribution in [3.05, 3.63) is 23.8 Å². The molecule has 3 aromatic rings. The molecule has 0 saturated heterocycles. The van der Waals surface area contributed by atoms with Crippen LogP contribution in [0.3, 0.4) is 0 Å². The molecule has 0 bridgehead atoms. The van der Waals surface area contributed by atoms with Crippen molar-refractivity contribution in [2.24, 2.45) is 18.7 Å². The molecule has 26 heavy (non-hydrogen) atoms. The molecule has 4 rings (SSSR count). The fourth-order valence-electron chi connectivity index (χ4n) is 4.03. The molecule has 6 nitrogen and oxygen atoms in total. The van der Waals surface area contributed by atoms with Gasteiger partial charge in [-0.15, -0.1) is 5.10 Å². The first-order chi connectivity index (χ1) is 12.3. The number of nitrogens with two attached hydrogens (primary N) is 1. The van der Waals surface area contributed by atoms with E-state index in [1.807, 2.05) is 4.57 Å². The molecule has 0 aliphatic heterocycles. The molecular weight excluding hydrogens is 347 g/mol. The number of rotatable bonds is 2. The molecule has 0 unspecified atom stereocenters. The number of hydrogen-bond acceptors (Lipinski definition) is 3. The topological polar surface area (TPSA) is 78.7 Å². The van der Waals surface area contributed by atoms with Gasteiger partial charge in [0.15, 0.2) is 5.65 Å². The predicted octanol–water partition coefficient (Wildman–Crippen LogP) is 3.32. The third-order valence-electron chi connectivity index (χ3n) is 5.35. The lowest BCUT2D eigenvalue weighted by atomic mass is 9.85. The van der Waals surface area contributed by atoms with Gasteiger partial charge < -0.3 is 10.3 Å². The highest BCUT2D eigenvalue weighted by atomic mass is 19.4. The van der Waals surface area contributed by atoms with Crippen LogP contribution in [0.4, 0.5) is 13.2 Å². The Kier molecular flexibility index (Phi) is 3.71. The van der Waals surface area contributed by atoms with Gasteiger partial charge in [0.2, 0.25) is 5.91 Å². The molecule has 1 amide bonds. The average molecular weight is 365 g/mol. The molecule has 1 fully saturated rings. The van der Waals surface area contributed by atoms with Crippen molar-refractivity contribution in [1.29, 1.82) is 0 Å². The number of aromatic nitrogens is 4. The lowest BCUT2D eigenvalue weighted by molar-refractivity contribution is -0.183. The van der Waals surface area contributed by atoms with Crippen LogP contribution in [-0.2, 0) is 7.05 Å². The second-order valence-corrected chi connectivity index (χ2v) is 6.90. The van der Waals surface area contributed by atoms with E-state index in [4.69, 9.17) is 5.73 Å². The fraction of sp³-hybridized carbons (Fsp3) is 0.471. The maximum atomic E-state index is 13.0. The second kappa shape index (κ2) is 5.72. The zero-order valence-corrected chi connectivity index (χ0v) is 14.1. The smallest absolute Gasteiger partial charge is 0.366 e. The highest BCUT2D eigenvalue weighted by Gasteiger charge is 2.42. The lowest BCUT2D eigenvalue weighted by Gasteiger charge is -2.31. The Morgan fingerprint density at radius 2 is 1.92 bits per heavy atom. The molecule has 1 aliphatic carbocycles. The van der Waals surface area contributed by atoms with E-state index in [0.717, 1.165) is 16.6 Å². The molecule has 0 spiro atoms. The van der Waals surface area contributed by atoms with Crippen molar-refractivity contribution in [3.63, 3.8) is 0 Å². The van der Waals surface area contributed by atoms with Gasteiger partial charge in [0.25, 0.3) is 0 Å². The second-order valence-electron chi connectivity index (χ2n) is 6.90. The first-order valence-electron chi connectivity index (χ1n) is 8.47. The van der Waals surface area contributed by atoms with Crippen LogP contribution in [0.1, 0.15) is 42.1 Å². The van der Waals surface area contributed by atoms with E-state index in [-0.39, 0.29) is 18.9 Å². The number of primary amides is 1. The summed E-state index contributed by atoms with van der Waals surface area (Å²) in [7, 11) is 1.75. The predicted molar refractivity (Wildman–Crippen MR) is 89.6 cm³/mol. The Labute approximate surface area is 146 Å².